The number of aryl methyl sites for hydroxylation is 2. The van der Waals surface area contributed by atoms with Crippen molar-refractivity contribution in [1.82, 2.24) is 9.97 Å². The summed E-state index contributed by atoms with van der Waals surface area (Å²) in [6, 6.07) is 15.6. The molecule has 0 spiro atoms. The molecule has 7 heteroatoms. The quantitative estimate of drug-likeness (QED) is 0.355. The van der Waals surface area contributed by atoms with E-state index >= 15 is 0 Å². The summed E-state index contributed by atoms with van der Waals surface area (Å²) in [6.45, 7) is 4.20. The zero-order valence-electron chi connectivity index (χ0n) is 16.7. The van der Waals surface area contributed by atoms with Crippen LogP contribution in [0, 0.1) is 10.1 Å². The number of hydrogen-bond acceptors (Lipinski definition) is 6. The average Bonchev–Trinajstić information content (AvgIpc) is 2.73. The van der Waals surface area contributed by atoms with Crippen LogP contribution >= 0.6 is 0 Å². The monoisotopic (exact) mass is 391 g/mol. The van der Waals surface area contributed by atoms with Gasteiger partial charge in [0.2, 0.25) is 11.6 Å². The van der Waals surface area contributed by atoms with Crippen LogP contribution in [0.25, 0.3) is 0 Å². The van der Waals surface area contributed by atoms with Gasteiger partial charge in [-0.2, -0.15) is 0 Å². The van der Waals surface area contributed by atoms with Gasteiger partial charge in [0.1, 0.15) is 6.33 Å². The van der Waals surface area contributed by atoms with Gasteiger partial charge in [-0.15, -0.1) is 0 Å². The van der Waals surface area contributed by atoms with Gasteiger partial charge in [-0.3, -0.25) is 10.1 Å². The van der Waals surface area contributed by atoms with E-state index in [1.54, 1.807) is 0 Å². The van der Waals surface area contributed by atoms with Gasteiger partial charge < -0.3 is 10.6 Å². The molecule has 3 aromatic rings. The highest BCUT2D eigenvalue weighted by atomic mass is 16.6. The molecule has 0 aliphatic carbocycles. The third-order valence-electron chi connectivity index (χ3n) is 4.69. The molecule has 0 aliphatic rings. The van der Waals surface area contributed by atoms with Crippen LogP contribution in [0.2, 0.25) is 0 Å². The Morgan fingerprint density at radius 1 is 0.966 bits per heavy atom. The van der Waals surface area contributed by atoms with Crippen molar-refractivity contribution in [3.05, 3.63) is 76.1 Å². The van der Waals surface area contributed by atoms with Crippen molar-refractivity contribution in [3.63, 3.8) is 0 Å². The van der Waals surface area contributed by atoms with Gasteiger partial charge in [0, 0.05) is 11.4 Å². The fourth-order valence-corrected chi connectivity index (χ4v) is 3.09. The van der Waals surface area contributed by atoms with E-state index < -0.39 is 4.92 Å². The van der Waals surface area contributed by atoms with Gasteiger partial charge in [-0.1, -0.05) is 50.6 Å². The van der Waals surface area contributed by atoms with Crippen LogP contribution in [0.1, 0.15) is 37.8 Å². The minimum atomic E-state index is -0.463. The molecule has 0 unspecified atom stereocenters. The number of nitrogens with one attached hydrogen (secondary N) is 2. The second kappa shape index (κ2) is 9.64. The van der Waals surface area contributed by atoms with Crippen molar-refractivity contribution in [1.29, 1.82) is 0 Å². The molecule has 2 N–H and O–H groups in total. The zero-order chi connectivity index (χ0) is 20.6. The third kappa shape index (κ3) is 5.07. The smallest absolute Gasteiger partial charge is 0.334 e. The van der Waals surface area contributed by atoms with E-state index in [9.17, 15) is 10.1 Å². The number of nitrogens with zero attached hydrogens (tertiary/aromatic N) is 3. The number of para-hydroxylation sites is 1. The number of benzene rings is 2. The predicted molar refractivity (Wildman–Crippen MR) is 116 cm³/mol. The second-order valence-electron chi connectivity index (χ2n) is 6.74. The number of nitro groups is 1. The maximum atomic E-state index is 11.8. The molecule has 0 radical (unpaired) electrons. The summed E-state index contributed by atoms with van der Waals surface area (Å²) >= 11 is 0. The van der Waals surface area contributed by atoms with Crippen molar-refractivity contribution in [3.8, 4) is 0 Å². The SMILES string of the molecule is CCCCc1ccc(Nc2ncnc(Nc3ccccc3CC)c2[N+](=O)[O-])cc1. The summed E-state index contributed by atoms with van der Waals surface area (Å²) < 4.78 is 0. The summed E-state index contributed by atoms with van der Waals surface area (Å²) in [5.41, 5.74) is 3.65. The second-order valence-corrected chi connectivity index (χ2v) is 6.74. The minimum absolute atomic E-state index is 0.155. The molecule has 3 rings (SSSR count). The standard InChI is InChI=1S/C22H25N5O2/c1-3-5-8-16-11-13-18(14-12-16)25-21-20(27(28)29)22(24-15-23-21)26-19-10-7-6-9-17(19)4-2/h6-7,9-15H,3-5,8H2,1-2H3,(H2,23,24,25,26). The Morgan fingerprint density at radius 2 is 1.66 bits per heavy atom. The first-order valence-electron chi connectivity index (χ1n) is 9.82. The summed E-state index contributed by atoms with van der Waals surface area (Å²) in [5.74, 6) is 0.316. The summed E-state index contributed by atoms with van der Waals surface area (Å²) in [7, 11) is 0. The molecular weight excluding hydrogens is 366 g/mol. The van der Waals surface area contributed by atoms with E-state index in [1.807, 2.05) is 55.5 Å². The van der Waals surface area contributed by atoms with Gasteiger partial charge in [0.25, 0.3) is 0 Å². The van der Waals surface area contributed by atoms with Gasteiger partial charge >= 0.3 is 5.69 Å². The van der Waals surface area contributed by atoms with Gasteiger partial charge in [0.05, 0.1) is 4.92 Å². The van der Waals surface area contributed by atoms with Crippen LogP contribution in [-0.2, 0) is 12.8 Å². The molecule has 1 heterocycles. The minimum Gasteiger partial charge on any atom is -0.334 e. The normalized spacial score (nSPS) is 10.6. The van der Waals surface area contributed by atoms with Crippen molar-refractivity contribution in [2.45, 2.75) is 39.5 Å². The van der Waals surface area contributed by atoms with Crippen LogP contribution in [0.5, 0.6) is 0 Å². The lowest BCUT2D eigenvalue weighted by atomic mass is 10.1. The molecule has 0 amide bonds. The molecule has 150 valence electrons. The molecule has 7 nitrogen and oxygen atoms in total. The summed E-state index contributed by atoms with van der Waals surface area (Å²) in [4.78, 5) is 19.6. The van der Waals surface area contributed by atoms with E-state index in [0.29, 0.717) is 0 Å². The van der Waals surface area contributed by atoms with E-state index in [-0.39, 0.29) is 17.3 Å². The predicted octanol–water partition coefficient (Wildman–Crippen LogP) is 5.78. The number of unbranched alkanes of at least 4 members (excludes halogenated alkanes) is 1. The maximum absolute atomic E-state index is 11.8. The molecular formula is C22H25N5O2. The highest BCUT2D eigenvalue weighted by Crippen LogP contribution is 2.33. The molecule has 0 fully saturated rings. The van der Waals surface area contributed by atoms with Crippen LogP contribution in [0.3, 0.4) is 0 Å². The van der Waals surface area contributed by atoms with Gasteiger partial charge in [-0.05, 0) is 48.6 Å². The Morgan fingerprint density at radius 3 is 2.31 bits per heavy atom. The Labute approximate surface area is 170 Å². The lowest BCUT2D eigenvalue weighted by molar-refractivity contribution is -0.383. The highest BCUT2D eigenvalue weighted by Gasteiger charge is 2.23. The van der Waals surface area contributed by atoms with Gasteiger partial charge in [0.15, 0.2) is 0 Å². The molecule has 29 heavy (non-hydrogen) atoms. The van der Waals surface area contributed by atoms with Crippen LogP contribution in [-0.4, -0.2) is 14.9 Å². The van der Waals surface area contributed by atoms with Crippen LogP contribution < -0.4 is 10.6 Å². The molecule has 0 aliphatic heterocycles. The zero-order valence-corrected chi connectivity index (χ0v) is 16.7. The maximum Gasteiger partial charge on any atom is 0.353 e. The fraction of sp³-hybridized carbons (Fsp3) is 0.273. The Balaban J connectivity index is 1.88. The lowest BCUT2D eigenvalue weighted by Gasteiger charge is -2.12. The van der Waals surface area contributed by atoms with Crippen molar-refractivity contribution in [2.24, 2.45) is 0 Å². The van der Waals surface area contributed by atoms with E-state index in [0.717, 1.165) is 42.6 Å². The first-order valence-corrected chi connectivity index (χ1v) is 9.82. The largest absolute Gasteiger partial charge is 0.353 e. The molecule has 0 bridgehead atoms. The van der Waals surface area contributed by atoms with Crippen molar-refractivity contribution in [2.75, 3.05) is 10.6 Å². The molecule has 2 aromatic carbocycles. The highest BCUT2D eigenvalue weighted by molar-refractivity contribution is 5.77. The topological polar surface area (TPSA) is 93.0 Å². The van der Waals surface area contributed by atoms with Crippen LogP contribution in [0.15, 0.2) is 54.9 Å². The van der Waals surface area contributed by atoms with Crippen LogP contribution in [0.4, 0.5) is 28.7 Å². The molecule has 0 saturated carbocycles. The Kier molecular flexibility index (Phi) is 6.73. The molecule has 1 aromatic heterocycles. The summed E-state index contributed by atoms with van der Waals surface area (Å²) in [5, 5.41) is 18.0. The van der Waals surface area contributed by atoms with Crippen molar-refractivity contribution >= 4 is 28.7 Å². The number of rotatable bonds is 9. The number of hydrogen-bond donors (Lipinski definition) is 2. The average molecular weight is 391 g/mol. The van der Waals surface area contributed by atoms with E-state index in [2.05, 4.69) is 27.5 Å². The van der Waals surface area contributed by atoms with Crippen molar-refractivity contribution < 1.29 is 4.92 Å². The Hall–Kier alpha value is -3.48. The molecule has 0 atom stereocenters. The first-order chi connectivity index (χ1) is 14.1. The van der Waals surface area contributed by atoms with E-state index in [1.165, 1.54) is 11.9 Å². The summed E-state index contributed by atoms with van der Waals surface area (Å²) in [6.07, 6.45) is 5.43. The van der Waals surface area contributed by atoms with E-state index in [4.69, 9.17) is 0 Å². The number of aromatic nitrogens is 2. The number of anilines is 4. The Bertz CT molecular complexity index is 973. The molecule has 0 saturated heterocycles. The first kappa shape index (κ1) is 20.3. The van der Waals surface area contributed by atoms with Gasteiger partial charge in [-0.25, -0.2) is 9.97 Å². The lowest BCUT2D eigenvalue weighted by Crippen LogP contribution is -2.06. The fourth-order valence-electron chi connectivity index (χ4n) is 3.09. The third-order valence-corrected chi connectivity index (χ3v) is 4.69.